The topological polar surface area (TPSA) is 61.9 Å². The number of rotatable bonds is 4. The molecule has 1 aromatic rings. The molecule has 1 N–H and O–H groups in total. The molecule has 7 heteroatoms. The minimum atomic E-state index is -0.247. The summed E-state index contributed by atoms with van der Waals surface area (Å²) in [6, 6.07) is 6.64. The summed E-state index contributed by atoms with van der Waals surface area (Å²) in [5.74, 6) is -0.581. The predicted molar refractivity (Wildman–Crippen MR) is 87.2 cm³/mol. The maximum Gasteiger partial charge on any atom is 0.249 e. The zero-order chi connectivity index (χ0) is 16.9. The number of hydrogen-bond donors (Lipinski definition) is 1. The third-order valence-corrected chi connectivity index (χ3v) is 4.40. The van der Waals surface area contributed by atoms with Crippen LogP contribution in [0.2, 0.25) is 0 Å². The Labute approximate surface area is 140 Å². The molecule has 130 valence electrons. The fourth-order valence-corrected chi connectivity index (χ4v) is 3.19. The highest BCUT2D eigenvalue weighted by molar-refractivity contribution is 5.85. The van der Waals surface area contributed by atoms with E-state index in [1.165, 1.54) is 11.0 Å². The van der Waals surface area contributed by atoms with Crippen LogP contribution in [0, 0.1) is 5.82 Å². The molecular weight excluding hydrogens is 313 g/mol. The molecule has 1 atom stereocenters. The van der Waals surface area contributed by atoms with Crippen LogP contribution in [0.5, 0.6) is 0 Å². The normalized spacial score (nSPS) is 21.7. The lowest BCUT2D eigenvalue weighted by Gasteiger charge is -2.35. The average Bonchev–Trinajstić information content (AvgIpc) is 2.57. The molecule has 0 radical (unpaired) electrons. The number of piperidine rings is 1. The summed E-state index contributed by atoms with van der Waals surface area (Å²) in [4.78, 5) is 27.3. The number of amides is 2. The van der Waals surface area contributed by atoms with Gasteiger partial charge in [0.1, 0.15) is 12.4 Å². The number of anilines is 1. The molecule has 3 rings (SSSR count). The van der Waals surface area contributed by atoms with E-state index < -0.39 is 0 Å². The lowest BCUT2D eigenvalue weighted by atomic mass is 10.0. The van der Waals surface area contributed by atoms with Gasteiger partial charge in [0.2, 0.25) is 11.8 Å². The molecule has 1 unspecified atom stereocenters. The van der Waals surface area contributed by atoms with E-state index in [2.05, 4.69) is 5.32 Å². The third kappa shape index (κ3) is 4.03. The number of carbonyl (C=O) groups excluding carboxylic acids is 2. The molecule has 0 spiro atoms. The summed E-state index contributed by atoms with van der Waals surface area (Å²) in [5, 5.41) is 2.97. The third-order valence-electron chi connectivity index (χ3n) is 4.40. The van der Waals surface area contributed by atoms with Gasteiger partial charge < -0.3 is 19.9 Å². The predicted octanol–water partition coefficient (Wildman–Crippen LogP) is 0.770. The van der Waals surface area contributed by atoms with E-state index in [9.17, 15) is 14.0 Å². The van der Waals surface area contributed by atoms with E-state index in [0.29, 0.717) is 25.4 Å². The number of morpholine rings is 1. The van der Waals surface area contributed by atoms with Crippen molar-refractivity contribution in [3.8, 4) is 0 Å². The van der Waals surface area contributed by atoms with Gasteiger partial charge in [-0.25, -0.2) is 4.39 Å². The molecule has 2 aliphatic heterocycles. The molecule has 2 amide bonds. The van der Waals surface area contributed by atoms with Gasteiger partial charge in [0, 0.05) is 25.7 Å². The molecule has 0 aromatic heterocycles. The molecule has 0 bridgehead atoms. The Balaban J connectivity index is 1.54. The summed E-state index contributed by atoms with van der Waals surface area (Å²) in [7, 11) is 0. The zero-order valence-electron chi connectivity index (χ0n) is 13.5. The van der Waals surface area contributed by atoms with Crippen molar-refractivity contribution in [1.82, 2.24) is 10.2 Å². The molecule has 2 fully saturated rings. The van der Waals surface area contributed by atoms with Gasteiger partial charge in [-0.15, -0.1) is 0 Å². The van der Waals surface area contributed by atoms with Crippen LogP contribution >= 0.6 is 0 Å². The molecule has 0 saturated carbocycles. The van der Waals surface area contributed by atoms with Crippen molar-refractivity contribution in [3.05, 3.63) is 30.1 Å². The quantitative estimate of drug-likeness (QED) is 0.883. The van der Waals surface area contributed by atoms with Crippen LogP contribution in [0.25, 0.3) is 0 Å². The van der Waals surface area contributed by atoms with Gasteiger partial charge in [-0.3, -0.25) is 9.59 Å². The smallest absolute Gasteiger partial charge is 0.249 e. The van der Waals surface area contributed by atoms with Gasteiger partial charge in [-0.1, -0.05) is 12.1 Å². The van der Waals surface area contributed by atoms with Crippen LogP contribution in [0.15, 0.2) is 24.3 Å². The van der Waals surface area contributed by atoms with E-state index in [1.807, 2.05) is 11.0 Å². The number of hydrogen-bond acceptors (Lipinski definition) is 4. The summed E-state index contributed by atoms with van der Waals surface area (Å²) in [5.41, 5.74) is 0.569. The Morgan fingerprint density at radius 1 is 1.33 bits per heavy atom. The first kappa shape index (κ1) is 16.7. The Kier molecular flexibility index (Phi) is 5.30. The highest BCUT2D eigenvalue weighted by Gasteiger charge is 2.25. The minimum Gasteiger partial charge on any atom is -0.370 e. The van der Waals surface area contributed by atoms with Crippen LogP contribution in [-0.4, -0.2) is 62.1 Å². The van der Waals surface area contributed by atoms with E-state index in [-0.39, 0.29) is 36.8 Å². The average molecular weight is 335 g/mol. The van der Waals surface area contributed by atoms with E-state index in [4.69, 9.17) is 4.74 Å². The van der Waals surface area contributed by atoms with Gasteiger partial charge in [0.05, 0.1) is 18.8 Å². The van der Waals surface area contributed by atoms with Gasteiger partial charge in [-0.05, 0) is 25.0 Å². The lowest BCUT2D eigenvalue weighted by molar-refractivity contribution is -0.146. The number of benzene rings is 1. The molecule has 1 aromatic carbocycles. The van der Waals surface area contributed by atoms with E-state index in [0.717, 1.165) is 19.4 Å². The fraction of sp³-hybridized carbons (Fsp3) is 0.529. The molecule has 24 heavy (non-hydrogen) atoms. The van der Waals surface area contributed by atoms with Crippen molar-refractivity contribution >= 4 is 17.5 Å². The summed E-state index contributed by atoms with van der Waals surface area (Å²) >= 11 is 0. The first-order chi connectivity index (χ1) is 11.6. The molecule has 2 saturated heterocycles. The number of nitrogens with zero attached hydrogens (tertiary/aromatic N) is 2. The second-order valence-electron chi connectivity index (χ2n) is 6.17. The van der Waals surface area contributed by atoms with Crippen molar-refractivity contribution in [1.29, 1.82) is 0 Å². The second-order valence-corrected chi connectivity index (χ2v) is 6.17. The standard InChI is InChI=1S/C17H22FN3O3/c18-14-5-1-2-6-15(14)20-7-3-4-13(10-20)19-16(22)11-21-8-9-24-12-17(21)23/h1-2,5-6,13H,3-4,7-12H2,(H,19,22). The first-order valence-electron chi connectivity index (χ1n) is 8.28. The van der Waals surface area contributed by atoms with Gasteiger partial charge in [0.15, 0.2) is 0 Å². The van der Waals surface area contributed by atoms with Gasteiger partial charge in [-0.2, -0.15) is 0 Å². The Bertz CT molecular complexity index is 610. The van der Waals surface area contributed by atoms with Crippen molar-refractivity contribution in [3.63, 3.8) is 0 Å². The molecule has 2 aliphatic rings. The number of ether oxygens (including phenoxy) is 1. The Morgan fingerprint density at radius 3 is 2.96 bits per heavy atom. The zero-order valence-corrected chi connectivity index (χ0v) is 13.5. The van der Waals surface area contributed by atoms with Crippen molar-refractivity contribution < 1.29 is 18.7 Å². The number of nitrogens with one attached hydrogen (secondary N) is 1. The van der Waals surface area contributed by atoms with Crippen LogP contribution < -0.4 is 10.2 Å². The summed E-state index contributed by atoms with van der Waals surface area (Å²) in [6.45, 7) is 2.34. The molecular formula is C17H22FN3O3. The van der Waals surface area contributed by atoms with Crippen LogP contribution in [0.4, 0.5) is 10.1 Å². The maximum absolute atomic E-state index is 13.9. The Hall–Kier alpha value is -2.15. The number of carbonyl (C=O) groups is 2. The van der Waals surface area contributed by atoms with E-state index in [1.54, 1.807) is 12.1 Å². The van der Waals surface area contributed by atoms with Crippen molar-refractivity contribution in [2.24, 2.45) is 0 Å². The highest BCUT2D eigenvalue weighted by Crippen LogP contribution is 2.22. The maximum atomic E-state index is 13.9. The SMILES string of the molecule is O=C(CN1CCOCC1=O)NC1CCCN(c2ccccc2F)C1. The van der Waals surface area contributed by atoms with Gasteiger partial charge >= 0.3 is 0 Å². The van der Waals surface area contributed by atoms with Crippen LogP contribution in [0.3, 0.4) is 0 Å². The number of halogens is 1. The first-order valence-corrected chi connectivity index (χ1v) is 8.28. The Morgan fingerprint density at radius 2 is 2.17 bits per heavy atom. The van der Waals surface area contributed by atoms with Crippen LogP contribution in [0.1, 0.15) is 12.8 Å². The van der Waals surface area contributed by atoms with Crippen molar-refractivity contribution in [2.75, 3.05) is 44.3 Å². The molecule has 6 nitrogen and oxygen atoms in total. The molecule has 0 aliphatic carbocycles. The van der Waals surface area contributed by atoms with E-state index >= 15 is 0 Å². The van der Waals surface area contributed by atoms with Crippen molar-refractivity contribution in [2.45, 2.75) is 18.9 Å². The summed E-state index contributed by atoms with van der Waals surface area (Å²) < 4.78 is 19.0. The minimum absolute atomic E-state index is 0.0395. The summed E-state index contributed by atoms with van der Waals surface area (Å²) in [6.07, 6.45) is 1.74. The number of para-hydroxylation sites is 1. The fourth-order valence-electron chi connectivity index (χ4n) is 3.19. The van der Waals surface area contributed by atoms with Crippen LogP contribution in [-0.2, 0) is 14.3 Å². The lowest BCUT2D eigenvalue weighted by Crippen LogP contribution is -2.52. The highest BCUT2D eigenvalue weighted by atomic mass is 19.1. The monoisotopic (exact) mass is 335 g/mol. The molecule has 2 heterocycles. The largest absolute Gasteiger partial charge is 0.370 e. The van der Waals surface area contributed by atoms with Gasteiger partial charge in [0.25, 0.3) is 0 Å². The second kappa shape index (κ2) is 7.61.